The van der Waals surface area contributed by atoms with Gasteiger partial charge in [0.05, 0.1) is 19.8 Å². The van der Waals surface area contributed by atoms with Crippen LogP contribution in [-0.2, 0) is 14.3 Å². The molecule has 0 bridgehead atoms. The second-order valence-corrected chi connectivity index (χ2v) is 3.77. The molecular weight excluding hydrogens is 206 g/mol. The van der Waals surface area contributed by atoms with Crippen LogP contribution >= 0.6 is 0 Å². The Morgan fingerprint density at radius 2 is 1.75 bits per heavy atom. The molecule has 0 spiro atoms. The zero-order valence-corrected chi connectivity index (χ0v) is 10.6. The first kappa shape index (κ1) is 15.4. The van der Waals surface area contributed by atoms with Crippen molar-refractivity contribution in [3.8, 4) is 0 Å². The van der Waals surface area contributed by atoms with E-state index >= 15 is 0 Å². The van der Waals surface area contributed by atoms with Gasteiger partial charge in [-0.2, -0.15) is 0 Å². The first-order valence-corrected chi connectivity index (χ1v) is 6.17. The molecule has 0 radical (unpaired) electrons. The van der Waals surface area contributed by atoms with Crippen LogP contribution in [0.15, 0.2) is 0 Å². The highest BCUT2D eigenvalue weighted by molar-refractivity contribution is 5.72. The van der Waals surface area contributed by atoms with Crippen molar-refractivity contribution in [1.82, 2.24) is 5.32 Å². The molecule has 0 rings (SSSR count). The van der Waals surface area contributed by atoms with Crippen LogP contribution in [0.4, 0.5) is 0 Å². The Balaban J connectivity index is 0. The van der Waals surface area contributed by atoms with E-state index < -0.39 is 0 Å². The molecule has 1 N–H and O–H groups in total. The van der Waals surface area contributed by atoms with Crippen molar-refractivity contribution in [3.63, 3.8) is 0 Å². The minimum absolute atomic E-state index is 0. The van der Waals surface area contributed by atoms with Gasteiger partial charge in [-0.3, -0.25) is 4.79 Å². The molecule has 0 aromatic rings. The summed E-state index contributed by atoms with van der Waals surface area (Å²) in [5.74, 6) is -0.0178. The van der Waals surface area contributed by atoms with Crippen molar-refractivity contribution in [2.24, 2.45) is 0 Å². The second kappa shape index (κ2) is 12.5. The first-order valence-electron chi connectivity index (χ1n) is 6.17. The van der Waals surface area contributed by atoms with E-state index in [0.29, 0.717) is 26.4 Å². The van der Waals surface area contributed by atoms with Gasteiger partial charge in [0.25, 0.3) is 0 Å². The van der Waals surface area contributed by atoms with Crippen molar-refractivity contribution in [2.75, 3.05) is 33.0 Å². The van der Waals surface area contributed by atoms with E-state index in [1.54, 1.807) is 0 Å². The van der Waals surface area contributed by atoms with Gasteiger partial charge in [0, 0.05) is 21.5 Å². The van der Waals surface area contributed by atoms with Gasteiger partial charge < -0.3 is 14.8 Å². The van der Waals surface area contributed by atoms with E-state index in [1.807, 2.05) is 0 Å². The largest absolute Gasteiger partial charge is 0.379 e. The average Bonchev–Trinajstić information content (AvgIpc) is 2.25. The highest BCUT2D eigenvalue weighted by Crippen LogP contribution is 1.98. The molecule has 16 heavy (non-hydrogen) atoms. The third-order valence-electron chi connectivity index (χ3n) is 2.13. The predicted molar refractivity (Wildman–Crippen MR) is 66.6 cm³/mol. The van der Waals surface area contributed by atoms with Gasteiger partial charge in [0.2, 0.25) is 5.91 Å². The van der Waals surface area contributed by atoms with Crippen LogP contribution in [0.2, 0.25) is 0 Å². The smallest absolute Gasteiger partial charge is 0.216 e. The second-order valence-electron chi connectivity index (χ2n) is 3.77. The Labute approximate surface area is 100 Å². The molecule has 0 aliphatic heterocycles. The van der Waals surface area contributed by atoms with Crippen molar-refractivity contribution in [2.45, 2.75) is 39.5 Å². The third kappa shape index (κ3) is 13.4. The lowest BCUT2D eigenvalue weighted by molar-refractivity contribution is -0.119. The van der Waals surface area contributed by atoms with Gasteiger partial charge in [0.15, 0.2) is 0 Å². The molecule has 98 valence electrons. The highest BCUT2D eigenvalue weighted by atomic mass is 16.5. The molecule has 0 aromatic carbocycles. The predicted octanol–water partition coefficient (Wildman–Crippen LogP) is 1.98. The number of unbranched alkanes of at least 4 members (excludes halogenated alkanes) is 3. The maximum absolute atomic E-state index is 10.5. The van der Waals surface area contributed by atoms with Crippen LogP contribution in [-0.4, -0.2) is 38.9 Å². The normalized spacial score (nSPS) is 10.4. The quantitative estimate of drug-likeness (QED) is 0.555. The van der Waals surface area contributed by atoms with Crippen molar-refractivity contribution in [3.05, 3.63) is 0 Å². The minimum Gasteiger partial charge on any atom is -0.379 e. The Hall–Kier alpha value is -0.610. The maximum atomic E-state index is 10.5. The van der Waals surface area contributed by atoms with Crippen LogP contribution in [0.25, 0.3) is 0 Å². The van der Waals surface area contributed by atoms with Crippen LogP contribution < -0.4 is 5.32 Å². The lowest BCUT2D eigenvalue weighted by Crippen LogP contribution is -2.24. The topological polar surface area (TPSA) is 47.6 Å². The minimum atomic E-state index is -0.0178. The molecular formula is C12H27NO3. The van der Waals surface area contributed by atoms with Gasteiger partial charge in [0.1, 0.15) is 0 Å². The summed E-state index contributed by atoms with van der Waals surface area (Å²) in [4.78, 5) is 10.5. The van der Waals surface area contributed by atoms with E-state index in [-0.39, 0.29) is 7.33 Å². The molecule has 0 aromatic heterocycles. The summed E-state index contributed by atoms with van der Waals surface area (Å²) in [5, 5.41) is 2.67. The number of nitrogens with one attached hydrogen (secondary N) is 1. The van der Waals surface area contributed by atoms with Gasteiger partial charge in [-0.05, 0) is 6.42 Å². The van der Waals surface area contributed by atoms with Gasteiger partial charge >= 0.3 is 0 Å². The molecule has 0 unspecified atom stereocenters. The monoisotopic (exact) mass is 233 g/mol. The molecule has 1 amide bonds. The zero-order chi connectivity index (χ0) is 12.1. The highest BCUT2D eigenvalue weighted by Gasteiger charge is 1.92. The van der Waals surface area contributed by atoms with Crippen molar-refractivity contribution >= 4 is 5.91 Å². The molecule has 0 saturated heterocycles. The molecule has 0 atom stereocenters. The fraction of sp³-hybridized carbons (Fsp3) is 0.917. The molecule has 4 nitrogen and oxygen atoms in total. The number of hydrogen-bond donors (Lipinski definition) is 1. The number of ether oxygens (including phenoxy) is 2. The fourth-order valence-corrected chi connectivity index (χ4v) is 1.25. The summed E-state index contributed by atoms with van der Waals surface area (Å²) in [6.45, 7) is 6.91. The summed E-state index contributed by atoms with van der Waals surface area (Å²) in [6.07, 6.45) is 4.93. The van der Waals surface area contributed by atoms with Crippen LogP contribution in [0.5, 0.6) is 0 Å². The maximum Gasteiger partial charge on any atom is 0.216 e. The Morgan fingerprint density at radius 3 is 2.38 bits per heavy atom. The standard InChI is InChI=1S/C12H25NO3.H2/c1-3-4-5-6-8-15-10-11-16-9-7-13-12(2)14;/h3-11H2,1-2H3,(H,13,14);1H. The average molecular weight is 233 g/mol. The molecule has 0 fully saturated rings. The lowest BCUT2D eigenvalue weighted by Gasteiger charge is -2.06. The summed E-state index contributed by atoms with van der Waals surface area (Å²) < 4.78 is 10.7. The third-order valence-corrected chi connectivity index (χ3v) is 2.13. The Kier molecular flexibility index (Phi) is 12.0. The van der Waals surface area contributed by atoms with E-state index in [1.165, 1.54) is 26.2 Å². The Morgan fingerprint density at radius 1 is 1.06 bits per heavy atom. The van der Waals surface area contributed by atoms with Crippen molar-refractivity contribution < 1.29 is 15.7 Å². The van der Waals surface area contributed by atoms with E-state index in [0.717, 1.165) is 13.0 Å². The van der Waals surface area contributed by atoms with E-state index in [4.69, 9.17) is 9.47 Å². The number of carbonyl (C=O) groups is 1. The fourth-order valence-electron chi connectivity index (χ4n) is 1.25. The SMILES string of the molecule is CCCCCCOCCOCCNC(C)=O.[HH]. The number of hydrogen-bond acceptors (Lipinski definition) is 3. The van der Waals surface area contributed by atoms with Crippen LogP contribution in [0, 0.1) is 0 Å². The number of carbonyl (C=O) groups excluding carboxylic acids is 1. The molecule has 0 heterocycles. The molecule has 4 heteroatoms. The zero-order valence-electron chi connectivity index (χ0n) is 10.6. The number of amides is 1. The van der Waals surface area contributed by atoms with Gasteiger partial charge in [-0.1, -0.05) is 26.2 Å². The van der Waals surface area contributed by atoms with E-state index in [9.17, 15) is 4.79 Å². The Bertz CT molecular complexity index is 168. The molecule has 0 saturated carbocycles. The molecule has 0 aliphatic carbocycles. The van der Waals surface area contributed by atoms with Crippen molar-refractivity contribution in [1.29, 1.82) is 0 Å². The van der Waals surface area contributed by atoms with Crippen LogP contribution in [0.3, 0.4) is 0 Å². The summed E-state index contributed by atoms with van der Waals surface area (Å²) in [6, 6.07) is 0. The first-order chi connectivity index (χ1) is 7.77. The summed E-state index contributed by atoms with van der Waals surface area (Å²) in [5.41, 5.74) is 0. The number of rotatable bonds is 11. The van der Waals surface area contributed by atoms with E-state index in [2.05, 4.69) is 12.2 Å². The van der Waals surface area contributed by atoms with Gasteiger partial charge in [-0.25, -0.2) is 0 Å². The lowest BCUT2D eigenvalue weighted by atomic mass is 10.2. The van der Waals surface area contributed by atoms with Gasteiger partial charge in [-0.15, -0.1) is 0 Å². The summed E-state index contributed by atoms with van der Waals surface area (Å²) >= 11 is 0. The summed E-state index contributed by atoms with van der Waals surface area (Å²) in [7, 11) is 0. The molecule has 0 aliphatic rings. The van der Waals surface area contributed by atoms with Crippen LogP contribution in [0.1, 0.15) is 41.0 Å².